The Kier molecular flexibility index (Phi) is 6.17. The van der Waals surface area contributed by atoms with Gasteiger partial charge in [0.25, 0.3) is 0 Å². The van der Waals surface area contributed by atoms with Crippen molar-refractivity contribution in [2.45, 2.75) is 53.9 Å². The Bertz CT molecular complexity index is 628. The molecule has 0 aromatic heterocycles. The summed E-state index contributed by atoms with van der Waals surface area (Å²) in [6.07, 6.45) is 1.25. The van der Waals surface area contributed by atoms with Crippen LogP contribution in [0.3, 0.4) is 0 Å². The van der Waals surface area contributed by atoms with Crippen molar-refractivity contribution in [3.63, 3.8) is 0 Å². The van der Waals surface area contributed by atoms with E-state index in [0.717, 1.165) is 11.1 Å². The molecule has 0 fully saturated rings. The molecule has 124 valence electrons. The number of hydrogen-bond donors (Lipinski definition) is 1. The van der Waals surface area contributed by atoms with Gasteiger partial charge < -0.3 is 0 Å². The molecule has 4 nitrogen and oxygen atoms in total. The zero-order chi connectivity index (χ0) is 17.0. The number of carbonyl (C=O) groups is 1. The van der Waals surface area contributed by atoms with Crippen LogP contribution < -0.4 is 4.72 Å². The lowest BCUT2D eigenvalue weighted by Gasteiger charge is -2.17. The highest BCUT2D eigenvalue weighted by molar-refractivity contribution is 7.90. The summed E-state index contributed by atoms with van der Waals surface area (Å²) in [5, 5.41) is 0. The molecule has 22 heavy (non-hydrogen) atoms. The van der Waals surface area contributed by atoms with Crippen molar-refractivity contribution < 1.29 is 13.2 Å². The van der Waals surface area contributed by atoms with Crippen LogP contribution in [-0.2, 0) is 21.2 Å². The lowest BCUT2D eigenvalue weighted by Crippen LogP contribution is -2.33. The Balaban J connectivity index is 2.52. The number of carbonyl (C=O) groups excluding carboxylic acids is 1. The number of amides is 1. The van der Waals surface area contributed by atoms with Crippen molar-refractivity contribution >= 4 is 15.9 Å². The Morgan fingerprint density at radius 2 is 1.82 bits per heavy atom. The number of aryl methyl sites for hydroxylation is 3. The second kappa shape index (κ2) is 7.27. The standard InChI is InChI=1S/C17H27NO3S/c1-13-6-7-15(14(2)12-13)8-9-16(19)18-22(20,21)11-10-17(3,4)5/h6-7,12H,8-11H2,1-5H3,(H,18,19). The van der Waals surface area contributed by atoms with E-state index in [1.807, 2.05) is 46.8 Å². The highest BCUT2D eigenvalue weighted by Gasteiger charge is 2.19. The van der Waals surface area contributed by atoms with E-state index < -0.39 is 15.9 Å². The lowest BCUT2D eigenvalue weighted by molar-refractivity contribution is -0.119. The summed E-state index contributed by atoms with van der Waals surface area (Å²) < 4.78 is 25.9. The summed E-state index contributed by atoms with van der Waals surface area (Å²) in [6, 6.07) is 6.06. The van der Waals surface area contributed by atoms with Crippen LogP contribution >= 0.6 is 0 Å². The lowest BCUT2D eigenvalue weighted by atomic mass is 9.94. The summed E-state index contributed by atoms with van der Waals surface area (Å²) in [7, 11) is -3.53. The number of nitrogens with one attached hydrogen (secondary N) is 1. The maximum atomic E-state index is 11.9. The van der Waals surface area contributed by atoms with Gasteiger partial charge in [-0.1, -0.05) is 44.5 Å². The maximum absolute atomic E-state index is 11.9. The van der Waals surface area contributed by atoms with E-state index >= 15 is 0 Å². The van der Waals surface area contributed by atoms with Gasteiger partial charge in [-0.3, -0.25) is 9.52 Å². The fourth-order valence-electron chi connectivity index (χ4n) is 2.09. The summed E-state index contributed by atoms with van der Waals surface area (Å²) in [4.78, 5) is 11.8. The maximum Gasteiger partial charge on any atom is 0.234 e. The third kappa shape index (κ3) is 7.07. The van der Waals surface area contributed by atoms with Crippen molar-refractivity contribution in [3.8, 4) is 0 Å². The molecule has 0 radical (unpaired) electrons. The topological polar surface area (TPSA) is 63.2 Å². The van der Waals surface area contributed by atoms with E-state index in [4.69, 9.17) is 0 Å². The molecule has 0 aliphatic heterocycles. The van der Waals surface area contributed by atoms with Crippen LogP contribution in [-0.4, -0.2) is 20.1 Å². The molecule has 0 saturated heterocycles. The quantitative estimate of drug-likeness (QED) is 0.874. The second-order valence-corrected chi connectivity index (χ2v) is 8.93. The van der Waals surface area contributed by atoms with Crippen LogP contribution in [0.25, 0.3) is 0 Å². The molecule has 1 aromatic carbocycles. The van der Waals surface area contributed by atoms with Crippen LogP contribution in [0.4, 0.5) is 0 Å². The normalized spacial score (nSPS) is 12.2. The van der Waals surface area contributed by atoms with Gasteiger partial charge in [0.1, 0.15) is 0 Å². The molecular formula is C17H27NO3S. The number of rotatable bonds is 6. The SMILES string of the molecule is Cc1ccc(CCC(=O)NS(=O)(=O)CCC(C)(C)C)c(C)c1. The monoisotopic (exact) mass is 325 g/mol. The second-order valence-electron chi connectivity index (χ2n) is 7.08. The molecule has 0 unspecified atom stereocenters. The molecular weight excluding hydrogens is 298 g/mol. The zero-order valence-corrected chi connectivity index (χ0v) is 15.0. The van der Waals surface area contributed by atoms with Crippen LogP contribution in [0.5, 0.6) is 0 Å². The van der Waals surface area contributed by atoms with Crippen LogP contribution in [0.15, 0.2) is 18.2 Å². The van der Waals surface area contributed by atoms with Crippen molar-refractivity contribution in [2.75, 3.05) is 5.75 Å². The van der Waals surface area contributed by atoms with E-state index in [0.29, 0.717) is 12.8 Å². The van der Waals surface area contributed by atoms with Gasteiger partial charge in [0.2, 0.25) is 15.9 Å². The largest absolute Gasteiger partial charge is 0.274 e. The smallest absolute Gasteiger partial charge is 0.234 e. The van der Waals surface area contributed by atoms with E-state index in [-0.39, 0.29) is 17.6 Å². The third-order valence-corrected chi connectivity index (χ3v) is 4.79. The molecule has 1 rings (SSSR count). The van der Waals surface area contributed by atoms with Crippen molar-refractivity contribution in [1.82, 2.24) is 4.72 Å². The number of benzene rings is 1. The minimum Gasteiger partial charge on any atom is -0.274 e. The first-order valence-electron chi connectivity index (χ1n) is 7.58. The molecule has 1 aromatic rings. The van der Waals surface area contributed by atoms with Gasteiger partial charge in [-0.25, -0.2) is 8.42 Å². The van der Waals surface area contributed by atoms with Gasteiger partial charge in [-0.15, -0.1) is 0 Å². The van der Waals surface area contributed by atoms with Gasteiger partial charge >= 0.3 is 0 Å². The molecule has 0 spiro atoms. The van der Waals surface area contributed by atoms with Crippen molar-refractivity contribution in [2.24, 2.45) is 5.41 Å². The van der Waals surface area contributed by atoms with Crippen LogP contribution in [0.1, 0.15) is 50.3 Å². The molecule has 0 atom stereocenters. The summed E-state index contributed by atoms with van der Waals surface area (Å²) >= 11 is 0. The summed E-state index contributed by atoms with van der Waals surface area (Å²) in [6.45, 7) is 9.95. The summed E-state index contributed by atoms with van der Waals surface area (Å²) in [5.41, 5.74) is 3.31. The van der Waals surface area contributed by atoms with E-state index in [1.54, 1.807) is 0 Å². The Labute approximate surface area is 134 Å². The van der Waals surface area contributed by atoms with Gasteiger partial charge in [0.05, 0.1) is 5.75 Å². The molecule has 5 heteroatoms. The number of sulfonamides is 1. The first kappa shape index (κ1) is 18.7. The first-order chi connectivity index (χ1) is 9.98. The average Bonchev–Trinajstić information content (AvgIpc) is 2.34. The summed E-state index contributed by atoms with van der Waals surface area (Å²) in [5.74, 6) is -0.458. The predicted molar refractivity (Wildman–Crippen MR) is 90.2 cm³/mol. The first-order valence-corrected chi connectivity index (χ1v) is 9.23. The zero-order valence-electron chi connectivity index (χ0n) is 14.2. The molecule has 0 aliphatic rings. The Morgan fingerprint density at radius 3 is 2.36 bits per heavy atom. The van der Waals surface area contributed by atoms with Gasteiger partial charge in [0, 0.05) is 6.42 Å². The third-order valence-electron chi connectivity index (χ3n) is 3.51. The molecule has 1 amide bonds. The Morgan fingerprint density at radius 1 is 1.18 bits per heavy atom. The van der Waals surface area contributed by atoms with Gasteiger partial charge in [-0.05, 0) is 43.2 Å². The Hall–Kier alpha value is -1.36. The number of hydrogen-bond acceptors (Lipinski definition) is 3. The highest BCUT2D eigenvalue weighted by atomic mass is 32.2. The molecule has 0 heterocycles. The minimum absolute atomic E-state index is 0.0220. The molecule has 0 bridgehead atoms. The fraction of sp³-hybridized carbons (Fsp3) is 0.588. The van der Waals surface area contributed by atoms with E-state index in [2.05, 4.69) is 10.8 Å². The van der Waals surface area contributed by atoms with Crippen LogP contribution in [0, 0.1) is 19.3 Å². The molecule has 0 saturated carbocycles. The van der Waals surface area contributed by atoms with E-state index in [1.165, 1.54) is 5.56 Å². The van der Waals surface area contributed by atoms with Crippen molar-refractivity contribution in [3.05, 3.63) is 34.9 Å². The average molecular weight is 325 g/mol. The van der Waals surface area contributed by atoms with E-state index in [9.17, 15) is 13.2 Å². The van der Waals surface area contributed by atoms with Gasteiger partial charge in [-0.2, -0.15) is 0 Å². The highest BCUT2D eigenvalue weighted by Crippen LogP contribution is 2.19. The molecule has 0 aliphatic carbocycles. The molecule has 1 N–H and O–H groups in total. The van der Waals surface area contributed by atoms with Crippen molar-refractivity contribution in [1.29, 1.82) is 0 Å². The minimum atomic E-state index is -3.53. The predicted octanol–water partition coefficient (Wildman–Crippen LogP) is 3.12. The van der Waals surface area contributed by atoms with Gasteiger partial charge in [0.15, 0.2) is 0 Å². The van der Waals surface area contributed by atoms with Crippen LogP contribution in [0.2, 0.25) is 0 Å². The fourth-order valence-corrected chi connectivity index (χ4v) is 3.52.